The van der Waals surface area contributed by atoms with Gasteiger partial charge in [0, 0.05) is 13.0 Å². The molecule has 1 N–H and O–H groups in total. The van der Waals surface area contributed by atoms with Crippen LogP contribution in [0.3, 0.4) is 0 Å². The number of carboxylic acid groups (broad SMARTS) is 1. The standard InChI is InChI=1S/C14H19NO4/c1-9(10(2)14(17)18)13(16)15(3)11-7-5-6-8-12(11)19-4/h5-10H,1-4H3,(H,17,18). The lowest BCUT2D eigenvalue weighted by atomic mass is 9.94. The quantitative estimate of drug-likeness (QED) is 0.884. The summed E-state index contributed by atoms with van der Waals surface area (Å²) in [5.41, 5.74) is 0.624. The third-order valence-electron chi connectivity index (χ3n) is 3.31. The summed E-state index contributed by atoms with van der Waals surface area (Å²) >= 11 is 0. The molecule has 2 atom stereocenters. The Balaban J connectivity index is 2.96. The highest BCUT2D eigenvalue weighted by Gasteiger charge is 2.29. The summed E-state index contributed by atoms with van der Waals surface area (Å²) in [7, 11) is 3.14. The molecular formula is C14H19NO4. The predicted octanol–water partition coefficient (Wildman–Crippen LogP) is 2.01. The van der Waals surface area contributed by atoms with Gasteiger partial charge in [-0.05, 0) is 12.1 Å². The number of methoxy groups -OCH3 is 1. The molecule has 0 heterocycles. The molecule has 0 saturated heterocycles. The van der Waals surface area contributed by atoms with Gasteiger partial charge >= 0.3 is 5.97 Å². The lowest BCUT2D eigenvalue weighted by Gasteiger charge is -2.24. The zero-order valence-electron chi connectivity index (χ0n) is 11.6. The van der Waals surface area contributed by atoms with E-state index in [4.69, 9.17) is 9.84 Å². The van der Waals surface area contributed by atoms with Gasteiger partial charge < -0.3 is 14.7 Å². The third kappa shape index (κ3) is 3.24. The SMILES string of the molecule is COc1ccccc1N(C)C(=O)C(C)C(C)C(=O)O. The summed E-state index contributed by atoms with van der Waals surface area (Å²) < 4.78 is 5.19. The van der Waals surface area contributed by atoms with E-state index >= 15 is 0 Å². The summed E-state index contributed by atoms with van der Waals surface area (Å²) in [5.74, 6) is -1.99. The minimum Gasteiger partial charge on any atom is -0.495 e. The number of nitrogens with zero attached hydrogens (tertiary/aromatic N) is 1. The maximum atomic E-state index is 12.3. The number of benzene rings is 1. The number of hydrogen-bond acceptors (Lipinski definition) is 3. The number of amides is 1. The molecule has 2 unspecified atom stereocenters. The first-order valence-corrected chi connectivity index (χ1v) is 6.03. The number of carbonyl (C=O) groups is 2. The van der Waals surface area contributed by atoms with Crippen molar-refractivity contribution in [3.63, 3.8) is 0 Å². The highest BCUT2D eigenvalue weighted by molar-refractivity contribution is 5.97. The van der Waals surface area contributed by atoms with Gasteiger partial charge in [-0.25, -0.2) is 0 Å². The van der Waals surface area contributed by atoms with Crippen molar-refractivity contribution in [2.24, 2.45) is 11.8 Å². The molecule has 5 heteroatoms. The lowest BCUT2D eigenvalue weighted by Crippen LogP contribution is -2.36. The highest BCUT2D eigenvalue weighted by Crippen LogP contribution is 2.28. The van der Waals surface area contributed by atoms with Gasteiger partial charge in [-0.1, -0.05) is 26.0 Å². The molecular weight excluding hydrogens is 246 g/mol. The van der Waals surface area contributed by atoms with Gasteiger partial charge in [-0.15, -0.1) is 0 Å². The van der Waals surface area contributed by atoms with Crippen molar-refractivity contribution in [2.75, 3.05) is 19.1 Å². The monoisotopic (exact) mass is 265 g/mol. The number of carbonyl (C=O) groups excluding carboxylic acids is 1. The van der Waals surface area contributed by atoms with Gasteiger partial charge in [0.1, 0.15) is 5.75 Å². The molecule has 1 aromatic rings. The van der Waals surface area contributed by atoms with Crippen LogP contribution in [-0.2, 0) is 9.59 Å². The highest BCUT2D eigenvalue weighted by atomic mass is 16.5. The van der Waals surface area contributed by atoms with Crippen LogP contribution in [-0.4, -0.2) is 31.1 Å². The van der Waals surface area contributed by atoms with Crippen molar-refractivity contribution in [3.8, 4) is 5.75 Å². The fourth-order valence-corrected chi connectivity index (χ4v) is 1.76. The second kappa shape index (κ2) is 6.22. The van der Waals surface area contributed by atoms with Gasteiger partial charge in [-0.3, -0.25) is 9.59 Å². The Morgan fingerprint density at radius 2 is 1.79 bits per heavy atom. The van der Waals surface area contributed by atoms with E-state index in [9.17, 15) is 9.59 Å². The zero-order valence-corrected chi connectivity index (χ0v) is 11.6. The Bertz CT molecular complexity index is 472. The Labute approximate surface area is 112 Å². The van der Waals surface area contributed by atoms with E-state index < -0.39 is 17.8 Å². The number of aliphatic carboxylic acids is 1. The summed E-state index contributed by atoms with van der Waals surface area (Å²) in [6.45, 7) is 3.15. The van der Waals surface area contributed by atoms with Gasteiger partial charge in [-0.2, -0.15) is 0 Å². The van der Waals surface area contributed by atoms with E-state index in [1.165, 1.54) is 18.9 Å². The van der Waals surface area contributed by atoms with Crippen LogP contribution in [0.1, 0.15) is 13.8 Å². The summed E-state index contributed by atoms with van der Waals surface area (Å²) in [5, 5.41) is 8.96. The number of ether oxygens (including phenoxy) is 1. The Morgan fingerprint density at radius 3 is 2.32 bits per heavy atom. The third-order valence-corrected chi connectivity index (χ3v) is 3.31. The second-order valence-corrected chi connectivity index (χ2v) is 4.48. The van der Waals surface area contributed by atoms with Crippen LogP contribution in [0.2, 0.25) is 0 Å². The predicted molar refractivity (Wildman–Crippen MR) is 72.4 cm³/mol. The normalized spacial score (nSPS) is 13.5. The van der Waals surface area contributed by atoms with Crippen LogP contribution in [0.25, 0.3) is 0 Å². The van der Waals surface area contributed by atoms with Crippen LogP contribution in [0.15, 0.2) is 24.3 Å². The van der Waals surface area contributed by atoms with Crippen LogP contribution >= 0.6 is 0 Å². The topological polar surface area (TPSA) is 66.8 Å². The maximum absolute atomic E-state index is 12.3. The van der Waals surface area contributed by atoms with E-state index in [0.29, 0.717) is 11.4 Å². The Hall–Kier alpha value is -2.04. The summed E-state index contributed by atoms with van der Waals surface area (Å²) in [4.78, 5) is 24.6. The Morgan fingerprint density at radius 1 is 1.21 bits per heavy atom. The van der Waals surface area contributed by atoms with Crippen molar-refractivity contribution in [2.45, 2.75) is 13.8 Å². The largest absolute Gasteiger partial charge is 0.495 e. The molecule has 0 aromatic heterocycles. The molecule has 1 aromatic carbocycles. The van der Waals surface area contributed by atoms with Crippen molar-refractivity contribution in [1.82, 2.24) is 0 Å². The first-order valence-electron chi connectivity index (χ1n) is 6.03. The molecule has 104 valence electrons. The van der Waals surface area contributed by atoms with E-state index in [1.807, 2.05) is 6.07 Å². The van der Waals surface area contributed by atoms with E-state index in [0.717, 1.165) is 0 Å². The smallest absolute Gasteiger partial charge is 0.307 e. The second-order valence-electron chi connectivity index (χ2n) is 4.48. The first-order chi connectivity index (χ1) is 8.90. The fourth-order valence-electron chi connectivity index (χ4n) is 1.76. The van der Waals surface area contributed by atoms with Crippen LogP contribution < -0.4 is 9.64 Å². The molecule has 5 nitrogen and oxygen atoms in total. The van der Waals surface area contributed by atoms with Crippen LogP contribution in [0.5, 0.6) is 5.75 Å². The molecule has 0 aliphatic heterocycles. The molecule has 1 amide bonds. The maximum Gasteiger partial charge on any atom is 0.307 e. The van der Waals surface area contributed by atoms with E-state index in [2.05, 4.69) is 0 Å². The summed E-state index contributed by atoms with van der Waals surface area (Å²) in [6.07, 6.45) is 0. The molecule has 0 spiro atoms. The number of hydrogen-bond donors (Lipinski definition) is 1. The average molecular weight is 265 g/mol. The number of anilines is 1. The zero-order chi connectivity index (χ0) is 14.6. The van der Waals surface area contributed by atoms with E-state index in [1.54, 1.807) is 32.2 Å². The average Bonchev–Trinajstić information content (AvgIpc) is 2.43. The van der Waals surface area contributed by atoms with Crippen LogP contribution in [0, 0.1) is 11.8 Å². The first kappa shape index (κ1) is 15.0. The number of para-hydroxylation sites is 2. The Kier molecular flexibility index (Phi) is 4.92. The fraction of sp³-hybridized carbons (Fsp3) is 0.429. The molecule has 0 saturated carbocycles. The van der Waals surface area contributed by atoms with Gasteiger partial charge in [0.15, 0.2) is 0 Å². The van der Waals surface area contributed by atoms with Crippen molar-refractivity contribution in [3.05, 3.63) is 24.3 Å². The van der Waals surface area contributed by atoms with Crippen molar-refractivity contribution >= 4 is 17.6 Å². The molecule has 0 aliphatic rings. The van der Waals surface area contributed by atoms with Gasteiger partial charge in [0.2, 0.25) is 5.91 Å². The van der Waals surface area contributed by atoms with Crippen LogP contribution in [0.4, 0.5) is 5.69 Å². The molecule has 0 fully saturated rings. The van der Waals surface area contributed by atoms with Crippen molar-refractivity contribution < 1.29 is 19.4 Å². The molecule has 0 bridgehead atoms. The number of carboxylic acids is 1. The van der Waals surface area contributed by atoms with Crippen molar-refractivity contribution in [1.29, 1.82) is 0 Å². The minimum absolute atomic E-state index is 0.251. The minimum atomic E-state index is -0.978. The van der Waals surface area contributed by atoms with Gasteiger partial charge in [0.25, 0.3) is 0 Å². The molecule has 1 rings (SSSR count). The molecule has 0 aliphatic carbocycles. The lowest BCUT2D eigenvalue weighted by molar-refractivity contribution is -0.145. The summed E-state index contributed by atoms with van der Waals surface area (Å²) in [6, 6.07) is 7.12. The van der Waals surface area contributed by atoms with Gasteiger partial charge in [0.05, 0.1) is 18.7 Å². The van der Waals surface area contributed by atoms with E-state index in [-0.39, 0.29) is 5.91 Å². The molecule has 19 heavy (non-hydrogen) atoms. The molecule has 0 radical (unpaired) electrons. The number of rotatable bonds is 5.